The Bertz CT molecular complexity index is 897. The minimum Gasteiger partial charge on any atom is -0.324 e. The number of fused-ring (bicyclic) bond motifs is 4. The van der Waals surface area contributed by atoms with Crippen LogP contribution in [0.3, 0.4) is 0 Å². The van der Waals surface area contributed by atoms with Gasteiger partial charge in [-0.05, 0) is 44.3 Å². The van der Waals surface area contributed by atoms with Crippen molar-refractivity contribution in [2.75, 3.05) is 17.3 Å². The molecule has 7 heteroatoms. The maximum atomic E-state index is 13.7. The Hall–Kier alpha value is -1.86. The maximum absolute atomic E-state index is 13.7. The Morgan fingerprint density at radius 2 is 1.93 bits per heavy atom. The number of aryl methyl sites for hydroxylation is 1. The standard InChI is InChI=1S/C22H27N3O3S/c1-12-7-8-15-14(11-12)22(21(28)23-15)18-17(16(24-22)9-10-29-2)19(26)25(20(18)27)13-5-3-4-6-13/h7-8,11,13,16-18,24H,3-6,9-10H2,1-2H3,(H,23,28)/t16-,17+,18+,22-/m0/s1. The first kappa shape index (κ1) is 19.1. The van der Waals surface area contributed by atoms with Crippen molar-refractivity contribution < 1.29 is 14.4 Å². The lowest BCUT2D eigenvalue weighted by Gasteiger charge is -2.31. The van der Waals surface area contributed by atoms with Crippen molar-refractivity contribution in [3.63, 3.8) is 0 Å². The van der Waals surface area contributed by atoms with E-state index in [-0.39, 0.29) is 29.8 Å². The van der Waals surface area contributed by atoms with Crippen LogP contribution in [0.1, 0.15) is 43.2 Å². The zero-order valence-corrected chi connectivity index (χ0v) is 17.7. The molecule has 1 saturated carbocycles. The molecule has 3 fully saturated rings. The first-order chi connectivity index (χ1) is 14.0. The van der Waals surface area contributed by atoms with Crippen molar-refractivity contribution in [2.24, 2.45) is 11.8 Å². The summed E-state index contributed by atoms with van der Waals surface area (Å²) < 4.78 is 0. The molecule has 3 aliphatic heterocycles. The highest BCUT2D eigenvalue weighted by atomic mass is 32.2. The SMILES string of the molecule is CSCC[C@@H]1N[C@]2(C(=O)Nc3ccc(C)cc32)[C@H]2C(=O)N(C3CCCC3)C(=O)[C@H]12. The average Bonchev–Trinajstić information content (AvgIpc) is 3.43. The van der Waals surface area contributed by atoms with Crippen LogP contribution >= 0.6 is 11.8 Å². The van der Waals surface area contributed by atoms with Crippen molar-refractivity contribution in [3.8, 4) is 0 Å². The second-order valence-electron chi connectivity index (χ2n) is 8.83. The lowest BCUT2D eigenvalue weighted by atomic mass is 9.76. The molecule has 154 valence electrons. The molecule has 5 rings (SSSR count). The van der Waals surface area contributed by atoms with E-state index < -0.39 is 17.4 Å². The number of carbonyl (C=O) groups is 3. The quantitative estimate of drug-likeness (QED) is 0.741. The number of benzene rings is 1. The lowest BCUT2D eigenvalue weighted by Crippen LogP contribution is -2.54. The molecule has 3 heterocycles. The summed E-state index contributed by atoms with van der Waals surface area (Å²) >= 11 is 1.72. The topological polar surface area (TPSA) is 78.5 Å². The minimum absolute atomic E-state index is 0.000273. The molecule has 2 saturated heterocycles. The Balaban J connectivity index is 1.63. The van der Waals surface area contributed by atoms with E-state index in [9.17, 15) is 14.4 Å². The monoisotopic (exact) mass is 413 g/mol. The molecular formula is C22H27N3O3S. The zero-order valence-electron chi connectivity index (χ0n) is 16.9. The van der Waals surface area contributed by atoms with Gasteiger partial charge in [0.25, 0.3) is 0 Å². The number of hydrogen-bond acceptors (Lipinski definition) is 5. The van der Waals surface area contributed by atoms with Gasteiger partial charge >= 0.3 is 0 Å². The molecule has 1 spiro atoms. The Morgan fingerprint density at radius 3 is 2.66 bits per heavy atom. The third-order valence-corrected chi connectivity index (χ3v) is 7.87. The summed E-state index contributed by atoms with van der Waals surface area (Å²) in [4.78, 5) is 42.1. The van der Waals surface area contributed by atoms with Gasteiger partial charge in [0.05, 0.1) is 11.8 Å². The van der Waals surface area contributed by atoms with Crippen LogP contribution in [0.5, 0.6) is 0 Å². The van der Waals surface area contributed by atoms with E-state index in [0.29, 0.717) is 0 Å². The summed E-state index contributed by atoms with van der Waals surface area (Å²) in [6, 6.07) is 5.68. The highest BCUT2D eigenvalue weighted by Gasteiger charge is 2.70. The van der Waals surface area contributed by atoms with Crippen LogP contribution in [0.25, 0.3) is 0 Å². The van der Waals surface area contributed by atoms with Gasteiger partial charge in [0.15, 0.2) is 0 Å². The fourth-order valence-corrected chi connectivity index (χ4v) is 6.44. The average molecular weight is 414 g/mol. The zero-order chi connectivity index (χ0) is 20.3. The number of amides is 3. The molecular weight excluding hydrogens is 386 g/mol. The summed E-state index contributed by atoms with van der Waals surface area (Å²) in [5.74, 6) is -0.677. The van der Waals surface area contributed by atoms with Crippen LogP contribution in [-0.4, -0.2) is 46.7 Å². The number of imide groups is 1. The number of nitrogens with zero attached hydrogens (tertiary/aromatic N) is 1. The third-order valence-electron chi connectivity index (χ3n) is 7.23. The van der Waals surface area contributed by atoms with Crippen LogP contribution in [0, 0.1) is 18.8 Å². The van der Waals surface area contributed by atoms with Gasteiger partial charge in [-0.15, -0.1) is 0 Å². The smallest absolute Gasteiger partial charge is 0.250 e. The number of anilines is 1. The number of hydrogen-bond donors (Lipinski definition) is 2. The molecule has 4 atom stereocenters. The number of nitrogens with one attached hydrogen (secondary N) is 2. The lowest BCUT2D eigenvalue weighted by molar-refractivity contribution is -0.145. The molecule has 0 aromatic heterocycles. The summed E-state index contributed by atoms with van der Waals surface area (Å²) in [5.41, 5.74) is 1.46. The van der Waals surface area contributed by atoms with E-state index in [4.69, 9.17) is 0 Å². The second kappa shape index (κ2) is 6.84. The predicted octanol–water partition coefficient (Wildman–Crippen LogP) is 2.41. The molecule has 4 aliphatic rings. The third kappa shape index (κ3) is 2.56. The molecule has 0 unspecified atom stereocenters. The van der Waals surface area contributed by atoms with Crippen molar-refractivity contribution >= 4 is 35.2 Å². The van der Waals surface area contributed by atoms with Crippen LogP contribution in [0.2, 0.25) is 0 Å². The summed E-state index contributed by atoms with van der Waals surface area (Å²) in [7, 11) is 0. The summed E-state index contributed by atoms with van der Waals surface area (Å²) in [5, 5.41) is 6.49. The van der Waals surface area contributed by atoms with E-state index in [0.717, 1.165) is 54.7 Å². The Kier molecular flexibility index (Phi) is 4.51. The van der Waals surface area contributed by atoms with Crippen molar-refractivity contribution in [1.29, 1.82) is 0 Å². The minimum atomic E-state index is -1.14. The van der Waals surface area contributed by atoms with E-state index in [1.54, 1.807) is 11.8 Å². The van der Waals surface area contributed by atoms with E-state index in [1.807, 2.05) is 31.4 Å². The largest absolute Gasteiger partial charge is 0.324 e. The van der Waals surface area contributed by atoms with Crippen LogP contribution < -0.4 is 10.6 Å². The van der Waals surface area contributed by atoms with E-state index >= 15 is 0 Å². The summed E-state index contributed by atoms with van der Waals surface area (Å²) in [6.45, 7) is 1.99. The van der Waals surface area contributed by atoms with E-state index in [2.05, 4.69) is 10.6 Å². The van der Waals surface area contributed by atoms with Gasteiger partial charge in [-0.25, -0.2) is 0 Å². The fourth-order valence-electron chi connectivity index (χ4n) is 5.95. The fraction of sp³-hybridized carbons (Fsp3) is 0.591. The van der Waals surface area contributed by atoms with Crippen molar-refractivity contribution in [1.82, 2.24) is 10.2 Å². The number of thioether (sulfide) groups is 1. The van der Waals surface area contributed by atoms with Gasteiger partial charge in [0, 0.05) is 23.3 Å². The van der Waals surface area contributed by atoms with Crippen LogP contribution in [0.15, 0.2) is 18.2 Å². The van der Waals surface area contributed by atoms with Gasteiger partial charge in [-0.3, -0.25) is 24.6 Å². The second-order valence-corrected chi connectivity index (χ2v) is 9.82. The highest BCUT2D eigenvalue weighted by Crippen LogP contribution is 2.54. The van der Waals surface area contributed by atoms with Gasteiger partial charge in [-0.2, -0.15) is 11.8 Å². The summed E-state index contributed by atoms with van der Waals surface area (Å²) in [6.07, 6.45) is 6.67. The van der Waals surface area contributed by atoms with Gasteiger partial charge < -0.3 is 5.32 Å². The number of likely N-dealkylation sites (tertiary alicyclic amines) is 1. The van der Waals surface area contributed by atoms with Gasteiger partial charge in [0.1, 0.15) is 5.54 Å². The molecule has 1 aromatic carbocycles. The van der Waals surface area contributed by atoms with Crippen molar-refractivity contribution in [3.05, 3.63) is 29.3 Å². The maximum Gasteiger partial charge on any atom is 0.250 e. The first-order valence-corrected chi connectivity index (χ1v) is 11.9. The molecule has 29 heavy (non-hydrogen) atoms. The molecule has 2 N–H and O–H groups in total. The number of carbonyl (C=O) groups excluding carboxylic acids is 3. The van der Waals surface area contributed by atoms with Gasteiger partial charge in [-0.1, -0.05) is 30.5 Å². The molecule has 0 radical (unpaired) electrons. The Labute approximate surface area is 175 Å². The first-order valence-electron chi connectivity index (χ1n) is 10.5. The predicted molar refractivity (Wildman–Crippen MR) is 112 cm³/mol. The normalized spacial score (nSPS) is 33.7. The van der Waals surface area contributed by atoms with E-state index in [1.165, 1.54) is 4.90 Å². The van der Waals surface area contributed by atoms with Crippen molar-refractivity contribution in [2.45, 2.75) is 56.7 Å². The molecule has 6 nitrogen and oxygen atoms in total. The van der Waals surface area contributed by atoms with Gasteiger partial charge in [0.2, 0.25) is 17.7 Å². The molecule has 1 aromatic rings. The highest BCUT2D eigenvalue weighted by molar-refractivity contribution is 7.98. The molecule has 3 amide bonds. The van der Waals surface area contributed by atoms with Crippen LogP contribution in [-0.2, 0) is 19.9 Å². The molecule has 0 bridgehead atoms. The Morgan fingerprint density at radius 1 is 1.17 bits per heavy atom. The van der Waals surface area contributed by atoms with Crippen LogP contribution in [0.4, 0.5) is 5.69 Å². The number of rotatable bonds is 4. The molecule has 1 aliphatic carbocycles.